The van der Waals surface area contributed by atoms with Crippen LogP contribution < -0.4 is 0 Å². The van der Waals surface area contributed by atoms with Crippen molar-refractivity contribution in [2.75, 3.05) is 51.2 Å². The summed E-state index contributed by atoms with van der Waals surface area (Å²) in [7, 11) is 1.66. The highest BCUT2D eigenvalue weighted by molar-refractivity contribution is 14.1. The lowest BCUT2D eigenvalue weighted by Gasteiger charge is -2.16. The Labute approximate surface area is 141 Å². The first kappa shape index (κ1) is 18.8. The van der Waals surface area contributed by atoms with E-state index < -0.39 is 0 Å². The Hall–Kier alpha value is -0.210. The second-order valence-corrected chi connectivity index (χ2v) is 5.53. The van der Waals surface area contributed by atoms with Gasteiger partial charge in [-0.3, -0.25) is 0 Å². The maximum absolute atomic E-state index is 5.88. The molecule has 0 aliphatic rings. The van der Waals surface area contributed by atoms with Gasteiger partial charge in [-0.25, -0.2) is 0 Å². The fraction of sp³-hybridized carbons (Fsp3) is 0.625. The third kappa shape index (κ3) is 8.73. The molecule has 0 amide bonds. The van der Waals surface area contributed by atoms with Gasteiger partial charge in [-0.1, -0.05) is 52.4 Å². The smallest absolute Gasteiger partial charge is 0.0915 e. The van der Waals surface area contributed by atoms with E-state index >= 15 is 0 Å². The second-order valence-electron chi connectivity index (χ2n) is 4.65. The average molecular weight is 408 g/mol. The van der Waals surface area contributed by atoms with Gasteiger partial charge >= 0.3 is 0 Å². The van der Waals surface area contributed by atoms with Crippen molar-refractivity contribution in [3.63, 3.8) is 0 Å². The molecule has 0 heterocycles. The van der Waals surface area contributed by atoms with Gasteiger partial charge in [0.25, 0.3) is 0 Å². The van der Waals surface area contributed by atoms with Crippen LogP contribution in [0.5, 0.6) is 0 Å². The van der Waals surface area contributed by atoms with E-state index in [4.69, 9.17) is 18.9 Å². The monoisotopic (exact) mass is 408 g/mol. The summed E-state index contributed by atoms with van der Waals surface area (Å²) < 4.78 is 22.5. The summed E-state index contributed by atoms with van der Waals surface area (Å²) in [5.74, 6) is 0. The van der Waals surface area contributed by atoms with Crippen LogP contribution in [-0.2, 0) is 18.9 Å². The Kier molecular flexibility index (Phi) is 11.1. The molecule has 0 spiro atoms. The Balaban J connectivity index is 2.10. The van der Waals surface area contributed by atoms with Crippen LogP contribution in [0.2, 0.25) is 0 Å². The predicted octanol–water partition coefficient (Wildman–Crippen LogP) is 3.17. The number of alkyl halides is 1. The molecule has 0 saturated carbocycles. The van der Waals surface area contributed by atoms with E-state index in [-0.39, 0.29) is 6.10 Å². The van der Waals surface area contributed by atoms with E-state index in [1.165, 1.54) is 11.1 Å². The molecule has 0 N–H and O–H groups in total. The highest BCUT2D eigenvalue weighted by Gasteiger charge is 2.10. The Morgan fingerprint density at radius 1 is 1.00 bits per heavy atom. The van der Waals surface area contributed by atoms with Crippen molar-refractivity contribution in [1.29, 1.82) is 0 Å². The average Bonchev–Trinajstić information content (AvgIpc) is 2.49. The van der Waals surface area contributed by atoms with Crippen LogP contribution in [0.1, 0.15) is 17.2 Å². The maximum atomic E-state index is 5.88. The summed E-state index contributed by atoms with van der Waals surface area (Å²) in [5.41, 5.74) is 2.49. The van der Waals surface area contributed by atoms with E-state index in [2.05, 4.69) is 53.8 Å². The van der Waals surface area contributed by atoms with Crippen molar-refractivity contribution in [3.05, 3.63) is 35.4 Å². The molecular formula is C16H25IO4. The molecule has 0 aromatic heterocycles. The molecule has 21 heavy (non-hydrogen) atoms. The van der Waals surface area contributed by atoms with E-state index in [1.807, 2.05) is 0 Å². The lowest BCUT2D eigenvalue weighted by atomic mass is 10.1. The minimum atomic E-state index is 0.132. The van der Waals surface area contributed by atoms with Gasteiger partial charge in [0.2, 0.25) is 0 Å². The van der Waals surface area contributed by atoms with Gasteiger partial charge in [0.05, 0.1) is 45.7 Å². The summed E-state index contributed by atoms with van der Waals surface area (Å²) >= 11 is 2.35. The van der Waals surface area contributed by atoms with Crippen LogP contribution in [0, 0.1) is 6.92 Å². The molecule has 0 fully saturated rings. The lowest BCUT2D eigenvalue weighted by molar-refractivity contribution is -0.0109. The number of benzene rings is 1. The number of methoxy groups -OCH3 is 1. The second kappa shape index (κ2) is 12.3. The molecule has 1 aromatic rings. The lowest BCUT2D eigenvalue weighted by Crippen LogP contribution is -2.14. The topological polar surface area (TPSA) is 36.9 Å². The van der Waals surface area contributed by atoms with E-state index in [1.54, 1.807) is 7.11 Å². The minimum Gasteiger partial charge on any atom is -0.382 e. The molecule has 1 aromatic carbocycles. The standard InChI is InChI=1S/C16H25IO4/c1-14-4-3-5-15(12-14)16(13-17)21-11-10-20-9-8-19-7-6-18-2/h3-5,12,16H,6-11,13H2,1-2H3. The molecule has 1 atom stereocenters. The van der Waals surface area contributed by atoms with Crippen molar-refractivity contribution in [3.8, 4) is 0 Å². The molecule has 0 aliphatic heterocycles. The van der Waals surface area contributed by atoms with Crippen LogP contribution in [0.4, 0.5) is 0 Å². The van der Waals surface area contributed by atoms with Crippen molar-refractivity contribution in [1.82, 2.24) is 0 Å². The van der Waals surface area contributed by atoms with E-state index in [9.17, 15) is 0 Å². The van der Waals surface area contributed by atoms with E-state index in [0.29, 0.717) is 39.6 Å². The highest BCUT2D eigenvalue weighted by atomic mass is 127. The minimum absolute atomic E-state index is 0.132. The molecule has 1 rings (SSSR count). The van der Waals surface area contributed by atoms with Gasteiger partial charge in [0.1, 0.15) is 0 Å². The summed E-state index contributed by atoms with van der Waals surface area (Å²) in [6.45, 7) is 5.70. The van der Waals surface area contributed by atoms with Gasteiger partial charge < -0.3 is 18.9 Å². The largest absolute Gasteiger partial charge is 0.382 e. The first-order valence-corrected chi connectivity index (χ1v) is 8.69. The van der Waals surface area contributed by atoms with E-state index in [0.717, 1.165) is 4.43 Å². The molecule has 120 valence electrons. The van der Waals surface area contributed by atoms with Gasteiger partial charge in [-0.2, -0.15) is 0 Å². The first-order chi connectivity index (χ1) is 10.3. The Morgan fingerprint density at radius 3 is 2.29 bits per heavy atom. The summed E-state index contributed by atoms with van der Waals surface area (Å²) in [6, 6.07) is 8.45. The van der Waals surface area contributed by atoms with Crippen molar-refractivity contribution in [2.45, 2.75) is 13.0 Å². The van der Waals surface area contributed by atoms with Gasteiger partial charge in [0, 0.05) is 11.5 Å². The van der Waals surface area contributed by atoms with Crippen LogP contribution in [0.3, 0.4) is 0 Å². The summed E-state index contributed by atoms with van der Waals surface area (Å²) in [4.78, 5) is 0. The normalized spacial score (nSPS) is 12.5. The third-order valence-corrected chi connectivity index (χ3v) is 3.70. The van der Waals surface area contributed by atoms with Crippen molar-refractivity contribution < 1.29 is 18.9 Å². The zero-order valence-electron chi connectivity index (χ0n) is 12.8. The molecule has 0 radical (unpaired) electrons. The molecule has 5 heteroatoms. The predicted molar refractivity (Wildman–Crippen MR) is 92.3 cm³/mol. The van der Waals surface area contributed by atoms with Crippen LogP contribution in [0.25, 0.3) is 0 Å². The van der Waals surface area contributed by atoms with Gasteiger partial charge in [0.15, 0.2) is 0 Å². The quantitative estimate of drug-likeness (QED) is 0.303. The zero-order valence-corrected chi connectivity index (χ0v) is 15.0. The fourth-order valence-electron chi connectivity index (χ4n) is 1.81. The Morgan fingerprint density at radius 2 is 1.67 bits per heavy atom. The number of aryl methyl sites for hydroxylation is 1. The van der Waals surface area contributed by atoms with Crippen molar-refractivity contribution in [2.24, 2.45) is 0 Å². The number of halogens is 1. The zero-order chi connectivity index (χ0) is 15.3. The van der Waals surface area contributed by atoms with Crippen molar-refractivity contribution >= 4 is 22.6 Å². The number of ether oxygens (including phenoxy) is 4. The molecule has 0 aliphatic carbocycles. The molecule has 0 saturated heterocycles. The van der Waals surface area contributed by atoms with Gasteiger partial charge in [-0.15, -0.1) is 0 Å². The van der Waals surface area contributed by atoms with Crippen LogP contribution >= 0.6 is 22.6 Å². The first-order valence-electron chi connectivity index (χ1n) is 7.16. The number of hydrogen-bond donors (Lipinski definition) is 0. The number of rotatable bonds is 12. The number of hydrogen-bond acceptors (Lipinski definition) is 4. The highest BCUT2D eigenvalue weighted by Crippen LogP contribution is 2.20. The Bertz CT molecular complexity index is 373. The third-order valence-electron chi connectivity index (χ3n) is 2.90. The molecule has 1 unspecified atom stereocenters. The summed E-state index contributed by atoms with van der Waals surface area (Å²) in [5, 5.41) is 0. The van der Waals surface area contributed by atoms with Crippen LogP contribution in [-0.4, -0.2) is 51.2 Å². The van der Waals surface area contributed by atoms with Crippen LogP contribution in [0.15, 0.2) is 24.3 Å². The van der Waals surface area contributed by atoms with Gasteiger partial charge in [-0.05, 0) is 12.5 Å². The molecular weight excluding hydrogens is 383 g/mol. The SMILES string of the molecule is COCCOCCOCCOC(CI)c1cccc(C)c1. The summed E-state index contributed by atoms with van der Waals surface area (Å²) in [6.07, 6.45) is 0.132. The fourth-order valence-corrected chi connectivity index (χ4v) is 2.58. The molecule has 0 bridgehead atoms. The maximum Gasteiger partial charge on any atom is 0.0915 e. The molecule has 4 nitrogen and oxygen atoms in total.